The number of ether oxygens (including phenoxy) is 4. The summed E-state index contributed by atoms with van der Waals surface area (Å²) in [5.41, 5.74) is 0. The second-order valence-corrected chi connectivity index (χ2v) is 25.4. The molecule has 0 aromatic carbocycles. The van der Waals surface area contributed by atoms with E-state index < -0.39 is 86.8 Å². The molecule has 2 rings (SSSR count). The van der Waals surface area contributed by atoms with Gasteiger partial charge in [0.1, 0.15) is 48.8 Å². The highest BCUT2D eigenvalue weighted by atomic mass is 16.7. The fraction of sp³-hybridized carbons (Fsp3) is 0.957. The molecule has 2 heterocycles. The smallest absolute Gasteiger partial charge is 0.220 e. The monoisotopic (exact) mass is 1180 g/mol. The first-order valence-corrected chi connectivity index (χ1v) is 35.4. The molecule has 14 nitrogen and oxygen atoms in total. The number of rotatable bonds is 59. The summed E-state index contributed by atoms with van der Waals surface area (Å²) in [4.78, 5) is 13.3. The molecule has 9 N–H and O–H groups in total. The van der Waals surface area contributed by atoms with Crippen LogP contribution in [-0.2, 0) is 23.7 Å². The van der Waals surface area contributed by atoms with E-state index in [1.165, 1.54) is 263 Å². The maximum absolute atomic E-state index is 13.3. The van der Waals surface area contributed by atoms with E-state index in [-0.39, 0.29) is 18.9 Å². The highest BCUT2D eigenvalue weighted by Crippen LogP contribution is 2.30. The Kier molecular flexibility index (Phi) is 51.4. The Morgan fingerprint density at radius 3 is 1.11 bits per heavy atom. The molecule has 2 saturated heterocycles. The first-order chi connectivity index (χ1) is 40.6. The SMILES string of the molecule is CCCCCCCCCCCCCCCCCCCCCC/C=C/C(O)C(COC1OC(CO)C(OC2OC(CO)C(O)C(O)C2O)C(O)C1O)NC(=O)CCCCCCCCCCCCCCCCCCCCCCCCCCCCC. The molecule has 12 atom stereocenters. The number of carbonyl (C=O) groups is 1. The van der Waals surface area contributed by atoms with Crippen LogP contribution in [0.25, 0.3) is 0 Å². The highest BCUT2D eigenvalue weighted by Gasteiger charge is 2.51. The maximum Gasteiger partial charge on any atom is 0.220 e. The van der Waals surface area contributed by atoms with Crippen LogP contribution in [0.2, 0.25) is 0 Å². The molecule has 0 aromatic rings. The van der Waals surface area contributed by atoms with E-state index in [1.54, 1.807) is 6.08 Å². The zero-order chi connectivity index (χ0) is 60.2. The predicted octanol–water partition coefficient (Wildman–Crippen LogP) is 14.2. The molecule has 0 aromatic heterocycles. The average Bonchev–Trinajstić information content (AvgIpc) is 3.59. The van der Waals surface area contributed by atoms with Gasteiger partial charge < -0.3 is 65.1 Å². The van der Waals surface area contributed by atoms with E-state index in [0.717, 1.165) is 44.9 Å². The first kappa shape index (κ1) is 77.8. The number of nitrogens with one attached hydrogen (secondary N) is 1. The van der Waals surface area contributed by atoms with Crippen LogP contribution < -0.4 is 5.32 Å². The number of unbranched alkanes of at least 4 members (excludes halogenated alkanes) is 46. The molecule has 2 aliphatic rings. The Hall–Kier alpha value is -1.27. The van der Waals surface area contributed by atoms with Gasteiger partial charge in [-0.3, -0.25) is 4.79 Å². The van der Waals surface area contributed by atoms with Gasteiger partial charge in [0, 0.05) is 6.42 Å². The van der Waals surface area contributed by atoms with Crippen LogP contribution in [-0.4, -0.2) is 140 Å². The Morgan fingerprint density at radius 2 is 0.747 bits per heavy atom. The molecule has 0 aliphatic carbocycles. The van der Waals surface area contributed by atoms with Crippen LogP contribution >= 0.6 is 0 Å². The zero-order valence-corrected chi connectivity index (χ0v) is 53.5. The zero-order valence-electron chi connectivity index (χ0n) is 53.5. The number of hydrogen-bond donors (Lipinski definition) is 9. The van der Waals surface area contributed by atoms with Crippen molar-refractivity contribution in [2.24, 2.45) is 0 Å². The van der Waals surface area contributed by atoms with Crippen LogP contribution in [0.5, 0.6) is 0 Å². The van der Waals surface area contributed by atoms with E-state index in [2.05, 4.69) is 19.2 Å². The van der Waals surface area contributed by atoms with Gasteiger partial charge in [-0.15, -0.1) is 0 Å². The Labute approximate surface area is 507 Å². The molecule has 0 spiro atoms. The van der Waals surface area contributed by atoms with E-state index in [4.69, 9.17) is 18.9 Å². The number of allylic oxidation sites excluding steroid dienone is 1. The Morgan fingerprint density at radius 1 is 0.422 bits per heavy atom. The maximum atomic E-state index is 13.3. The number of amides is 1. The summed E-state index contributed by atoms with van der Waals surface area (Å²) in [5, 5.41) is 87.4. The van der Waals surface area contributed by atoms with Crippen molar-refractivity contribution in [1.29, 1.82) is 0 Å². The van der Waals surface area contributed by atoms with Crippen molar-refractivity contribution >= 4 is 5.91 Å². The van der Waals surface area contributed by atoms with Gasteiger partial charge in [0.2, 0.25) is 5.91 Å². The summed E-state index contributed by atoms with van der Waals surface area (Å²) in [5.74, 6) is -0.230. The molecule has 0 radical (unpaired) electrons. The minimum absolute atomic E-state index is 0.230. The van der Waals surface area contributed by atoms with Crippen molar-refractivity contribution in [2.75, 3.05) is 19.8 Å². The van der Waals surface area contributed by atoms with Gasteiger partial charge in [-0.05, 0) is 19.3 Å². The summed E-state index contributed by atoms with van der Waals surface area (Å²) in [6, 6.07) is -0.911. The molecule has 492 valence electrons. The van der Waals surface area contributed by atoms with E-state index in [1.807, 2.05) is 6.08 Å². The third-order valence-electron chi connectivity index (χ3n) is 17.7. The van der Waals surface area contributed by atoms with Crippen LogP contribution in [0, 0.1) is 0 Å². The molecular weight excluding hydrogens is 1050 g/mol. The van der Waals surface area contributed by atoms with Gasteiger partial charge in [0.05, 0.1) is 32.0 Å². The second-order valence-electron chi connectivity index (χ2n) is 25.4. The van der Waals surface area contributed by atoms with Crippen molar-refractivity contribution in [2.45, 2.75) is 402 Å². The van der Waals surface area contributed by atoms with Crippen LogP contribution in [0.3, 0.4) is 0 Å². The minimum Gasteiger partial charge on any atom is -0.394 e. The first-order valence-electron chi connectivity index (χ1n) is 35.4. The fourth-order valence-electron chi connectivity index (χ4n) is 12.1. The number of aliphatic hydroxyl groups is 8. The van der Waals surface area contributed by atoms with Crippen LogP contribution in [0.15, 0.2) is 12.2 Å². The molecule has 1 amide bonds. The van der Waals surface area contributed by atoms with E-state index in [9.17, 15) is 45.6 Å². The van der Waals surface area contributed by atoms with E-state index >= 15 is 0 Å². The van der Waals surface area contributed by atoms with Gasteiger partial charge >= 0.3 is 0 Å². The van der Waals surface area contributed by atoms with Crippen molar-refractivity contribution in [3.63, 3.8) is 0 Å². The molecule has 12 unspecified atom stereocenters. The van der Waals surface area contributed by atoms with Gasteiger partial charge in [0.15, 0.2) is 12.6 Å². The fourth-order valence-corrected chi connectivity index (χ4v) is 12.1. The normalized spacial score (nSPS) is 23.8. The van der Waals surface area contributed by atoms with Crippen LogP contribution in [0.4, 0.5) is 0 Å². The number of aliphatic hydroxyl groups excluding tert-OH is 8. The lowest BCUT2D eigenvalue weighted by atomic mass is 9.97. The van der Waals surface area contributed by atoms with Gasteiger partial charge in [0.25, 0.3) is 0 Å². The quantitative estimate of drug-likeness (QED) is 0.0204. The Balaban J connectivity index is 1.67. The third-order valence-corrected chi connectivity index (χ3v) is 17.7. The summed E-state index contributed by atoms with van der Waals surface area (Å²) in [6.45, 7) is 2.86. The van der Waals surface area contributed by atoms with E-state index in [0.29, 0.717) is 0 Å². The average molecular weight is 1180 g/mol. The topological polar surface area (TPSA) is 228 Å². The molecule has 2 fully saturated rings. The summed E-state index contributed by atoms with van der Waals surface area (Å²) < 4.78 is 22.9. The number of hydrogen-bond acceptors (Lipinski definition) is 13. The summed E-state index contributed by atoms with van der Waals surface area (Å²) in [7, 11) is 0. The van der Waals surface area contributed by atoms with Crippen LogP contribution in [0.1, 0.15) is 328 Å². The largest absolute Gasteiger partial charge is 0.394 e. The van der Waals surface area contributed by atoms with Crippen molar-refractivity contribution in [3.8, 4) is 0 Å². The molecule has 2 aliphatic heterocycles. The number of carbonyl (C=O) groups excluding carboxylic acids is 1. The van der Waals surface area contributed by atoms with Crippen molar-refractivity contribution < 1.29 is 64.6 Å². The summed E-state index contributed by atoms with van der Waals surface area (Å²) in [6.07, 6.45) is 49.8. The van der Waals surface area contributed by atoms with Gasteiger partial charge in [-0.25, -0.2) is 0 Å². The minimum atomic E-state index is -1.79. The third kappa shape index (κ3) is 39.4. The second kappa shape index (κ2) is 54.8. The standard InChI is InChI=1S/C69H133NO13/c1-3-5-7-9-11-13-15-17-19-21-23-25-27-28-29-30-31-33-35-37-39-41-43-45-47-49-51-53-61(74)70-57(56-80-68-66(79)64(77)67(60(55-72)82-68)83-69-65(78)63(76)62(75)59(54-71)81-69)58(73)52-50-48-46-44-42-40-38-36-34-32-26-24-22-20-18-16-14-12-10-8-6-4-2/h50,52,57-60,62-69,71-73,75-79H,3-49,51,53-56H2,1-2H3,(H,70,74)/b52-50+. The van der Waals surface area contributed by atoms with Gasteiger partial charge in [-0.1, -0.05) is 315 Å². The predicted molar refractivity (Wildman–Crippen MR) is 337 cm³/mol. The lowest BCUT2D eigenvalue weighted by Gasteiger charge is -2.46. The summed E-state index contributed by atoms with van der Waals surface area (Å²) >= 11 is 0. The molecule has 0 bridgehead atoms. The van der Waals surface area contributed by atoms with Gasteiger partial charge in [-0.2, -0.15) is 0 Å². The lowest BCUT2D eigenvalue weighted by molar-refractivity contribution is -0.359. The lowest BCUT2D eigenvalue weighted by Crippen LogP contribution is -2.65. The molecule has 0 saturated carbocycles. The van der Waals surface area contributed by atoms with Crippen molar-refractivity contribution in [3.05, 3.63) is 12.2 Å². The molecule has 83 heavy (non-hydrogen) atoms. The molecular formula is C69H133NO13. The molecule has 14 heteroatoms. The van der Waals surface area contributed by atoms with Crippen molar-refractivity contribution in [1.82, 2.24) is 5.32 Å². The Bertz CT molecular complexity index is 1440. The highest BCUT2D eigenvalue weighted by molar-refractivity contribution is 5.76.